The van der Waals surface area contributed by atoms with E-state index in [-0.39, 0.29) is 49.9 Å². The second-order valence-electron chi connectivity index (χ2n) is 4.06. The van der Waals surface area contributed by atoms with E-state index in [0.717, 1.165) is 5.56 Å². The summed E-state index contributed by atoms with van der Waals surface area (Å²) in [5, 5.41) is 4.97. The maximum absolute atomic E-state index is 12.8. The number of methoxy groups -OCH3 is 1. The van der Waals surface area contributed by atoms with Crippen LogP contribution < -0.4 is 16.4 Å². The summed E-state index contributed by atoms with van der Waals surface area (Å²) >= 11 is 0. The molecule has 6 nitrogen and oxygen atoms in total. The van der Waals surface area contributed by atoms with E-state index in [1.807, 2.05) is 0 Å². The first kappa shape index (κ1) is 19.3. The summed E-state index contributed by atoms with van der Waals surface area (Å²) in [6, 6.07) is 5.83. The molecule has 0 saturated heterocycles. The minimum absolute atomic E-state index is 0. The number of hydrogen-bond acceptors (Lipinski definition) is 4. The molecule has 1 rings (SSSR count). The largest absolute Gasteiger partial charge is 0.375 e. The van der Waals surface area contributed by atoms with Crippen LogP contribution in [0.4, 0.5) is 4.39 Å². The van der Waals surface area contributed by atoms with Crippen molar-refractivity contribution in [3.05, 3.63) is 35.6 Å². The van der Waals surface area contributed by atoms with Crippen LogP contribution in [-0.4, -0.2) is 38.6 Å². The molecule has 0 aromatic heterocycles. The lowest BCUT2D eigenvalue weighted by Gasteiger charge is -2.16. The lowest BCUT2D eigenvalue weighted by Crippen LogP contribution is -2.40. The maximum atomic E-state index is 12.8. The molecule has 0 heterocycles. The number of carbonyl (C=O) groups excluding carboxylic acids is 2. The Hall–Kier alpha value is -1.70. The first-order chi connectivity index (χ1) is 9.56. The van der Waals surface area contributed by atoms with Gasteiger partial charge in [-0.2, -0.15) is 0 Å². The Morgan fingerprint density at radius 2 is 1.86 bits per heavy atom. The molecule has 0 saturated carbocycles. The molecular formula is C13H19ClFN3O3. The monoisotopic (exact) mass is 319 g/mol. The zero-order valence-corrected chi connectivity index (χ0v) is 12.4. The van der Waals surface area contributed by atoms with Crippen LogP contribution in [0.15, 0.2) is 24.3 Å². The summed E-state index contributed by atoms with van der Waals surface area (Å²) in [5.41, 5.74) is 5.85. The van der Waals surface area contributed by atoms with Gasteiger partial charge in [0.15, 0.2) is 0 Å². The Morgan fingerprint density at radius 1 is 1.24 bits per heavy atom. The van der Waals surface area contributed by atoms with Gasteiger partial charge in [-0.05, 0) is 17.7 Å². The molecule has 0 spiro atoms. The van der Waals surface area contributed by atoms with E-state index in [1.54, 1.807) is 12.1 Å². The van der Waals surface area contributed by atoms with Crippen molar-refractivity contribution in [1.82, 2.24) is 10.6 Å². The van der Waals surface area contributed by atoms with Crippen molar-refractivity contribution in [2.75, 3.05) is 26.7 Å². The van der Waals surface area contributed by atoms with Gasteiger partial charge in [-0.1, -0.05) is 12.1 Å². The van der Waals surface area contributed by atoms with Crippen LogP contribution in [0.1, 0.15) is 11.7 Å². The Bertz CT molecular complexity index is 456. The van der Waals surface area contributed by atoms with Gasteiger partial charge in [0.2, 0.25) is 11.8 Å². The van der Waals surface area contributed by atoms with Gasteiger partial charge in [0.1, 0.15) is 5.82 Å². The second kappa shape index (κ2) is 10.1. The van der Waals surface area contributed by atoms with E-state index in [9.17, 15) is 14.0 Å². The summed E-state index contributed by atoms with van der Waals surface area (Å²) in [6.07, 6.45) is -0.384. The molecule has 4 N–H and O–H groups in total. The second-order valence-corrected chi connectivity index (χ2v) is 4.06. The summed E-state index contributed by atoms with van der Waals surface area (Å²) < 4.78 is 18.0. The fourth-order valence-corrected chi connectivity index (χ4v) is 1.53. The lowest BCUT2D eigenvalue weighted by molar-refractivity contribution is -0.125. The van der Waals surface area contributed by atoms with Crippen LogP contribution in [0.3, 0.4) is 0 Å². The van der Waals surface area contributed by atoms with Crippen molar-refractivity contribution in [2.24, 2.45) is 5.73 Å². The van der Waals surface area contributed by atoms with Crippen molar-refractivity contribution in [3.63, 3.8) is 0 Å². The highest BCUT2D eigenvalue weighted by molar-refractivity contribution is 5.85. The summed E-state index contributed by atoms with van der Waals surface area (Å²) in [7, 11) is 1.50. The van der Waals surface area contributed by atoms with E-state index in [4.69, 9.17) is 10.5 Å². The molecule has 0 bridgehead atoms. The zero-order chi connectivity index (χ0) is 15.0. The van der Waals surface area contributed by atoms with Gasteiger partial charge in [-0.3, -0.25) is 9.59 Å². The number of hydrogen-bond donors (Lipinski definition) is 3. The van der Waals surface area contributed by atoms with Crippen molar-refractivity contribution in [3.8, 4) is 0 Å². The zero-order valence-electron chi connectivity index (χ0n) is 11.6. The van der Waals surface area contributed by atoms with Crippen LogP contribution in [-0.2, 0) is 14.3 Å². The third-order valence-electron chi connectivity index (χ3n) is 2.64. The molecule has 118 valence electrons. The van der Waals surface area contributed by atoms with Gasteiger partial charge in [-0.25, -0.2) is 4.39 Å². The summed E-state index contributed by atoms with van der Waals surface area (Å²) in [4.78, 5) is 22.4. The van der Waals surface area contributed by atoms with Crippen molar-refractivity contribution in [2.45, 2.75) is 6.10 Å². The lowest BCUT2D eigenvalue weighted by atomic mass is 10.1. The molecule has 8 heteroatoms. The van der Waals surface area contributed by atoms with Gasteiger partial charge >= 0.3 is 0 Å². The average Bonchev–Trinajstić information content (AvgIpc) is 2.47. The molecule has 0 radical (unpaired) electrons. The topological polar surface area (TPSA) is 93.5 Å². The fraction of sp³-hybridized carbons (Fsp3) is 0.385. The third kappa shape index (κ3) is 7.03. The molecule has 21 heavy (non-hydrogen) atoms. The van der Waals surface area contributed by atoms with E-state index in [0.29, 0.717) is 0 Å². The average molecular weight is 320 g/mol. The van der Waals surface area contributed by atoms with Gasteiger partial charge < -0.3 is 21.1 Å². The van der Waals surface area contributed by atoms with E-state index >= 15 is 0 Å². The SMILES string of the molecule is COC(CNC(=O)CNC(=O)CN)c1ccc(F)cc1.Cl. The van der Waals surface area contributed by atoms with Crippen LogP contribution >= 0.6 is 12.4 Å². The van der Waals surface area contributed by atoms with Crippen LogP contribution in [0.2, 0.25) is 0 Å². The highest BCUT2D eigenvalue weighted by atomic mass is 35.5. The maximum Gasteiger partial charge on any atom is 0.239 e. The first-order valence-corrected chi connectivity index (χ1v) is 6.08. The molecule has 0 fully saturated rings. The first-order valence-electron chi connectivity index (χ1n) is 6.08. The number of rotatable bonds is 7. The number of nitrogens with two attached hydrogens (primary N) is 1. The molecule has 2 amide bonds. The number of nitrogens with one attached hydrogen (secondary N) is 2. The van der Waals surface area contributed by atoms with Crippen molar-refractivity contribution in [1.29, 1.82) is 0 Å². The quantitative estimate of drug-likeness (QED) is 0.666. The molecule has 0 aliphatic carbocycles. The van der Waals surface area contributed by atoms with Crippen LogP contribution in [0, 0.1) is 5.82 Å². The van der Waals surface area contributed by atoms with Gasteiger partial charge in [0.05, 0.1) is 19.2 Å². The number of ether oxygens (including phenoxy) is 1. The summed E-state index contributed by atoms with van der Waals surface area (Å²) in [6.45, 7) is -0.0844. The molecule has 1 aromatic rings. The number of amides is 2. The normalized spacial score (nSPS) is 11.2. The molecule has 0 aliphatic heterocycles. The van der Waals surface area contributed by atoms with E-state index in [2.05, 4.69) is 10.6 Å². The predicted molar refractivity (Wildman–Crippen MR) is 78.5 cm³/mol. The van der Waals surface area contributed by atoms with Gasteiger partial charge in [0.25, 0.3) is 0 Å². The summed E-state index contributed by atoms with van der Waals surface area (Å²) in [5.74, 6) is -1.09. The Balaban J connectivity index is 0.00000400. The molecule has 1 atom stereocenters. The third-order valence-corrected chi connectivity index (χ3v) is 2.64. The molecule has 1 aromatic carbocycles. The van der Waals surface area contributed by atoms with Crippen LogP contribution in [0.5, 0.6) is 0 Å². The van der Waals surface area contributed by atoms with Crippen molar-refractivity contribution >= 4 is 24.2 Å². The minimum Gasteiger partial charge on any atom is -0.375 e. The highest BCUT2D eigenvalue weighted by Crippen LogP contribution is 2.15. The Morgan fingerprint density at radius 3 is 2.38 bits per heavy atom. The number of carbonyl (C=O) groups is 2. The van der Waals surface area contributed by atoms with Crippen molar-refractivity contribution < 1.29 is 18.7 Å². The van der Waals surface area contributed by atoms with Crippen LogP contribution in [0.25, 0.3) is 0 Å². The van der Waals surface area contributed by atoms with E-state index in [1.165, 1.54) is 19.2 Å². The predicted octanol–water partition coefficient (Wildman–Crippen LogP) is 0.126. The van der Waals surface area contributed by atoms with E-state index < -0.39 is 5.91 Å². The number of benzene rings is 1. The molecular weight excluding hydrogens is 301 g/mol. The molecule has 1 unspecified atom stereocenters. The van der Waals surface area contributed by atoms with Gasteiger partial charge in [-0.15, -0.1) is 12.4 Å². The fourth-order valence-electron chi connectivity index (χ4n) is 1.53. The Labute approximate surface area is 128 Å². The smallest absolute Gasteiger partial charge is 0.239 e. The minimum atomic E-state index is -0.401. The Kier molecular flexibility index (Phi) is 9.27. The highest BCUT2D eigenvalue weighted by Gasteiger charge is 2.12. The standard InChI is InChI=1S/C13H18FN3O3.ClH/c1-20-11(9-2-4-10(14)5-3-9)7-16-13(19)8-17-12(18)6-15;/h2-5,11H,6-8,15H2,1H3,(H,16,19)(H,17,18);1H. The molecule has 0 aliphatic rings. The number of halogens is 2. The van der Waals surface area contributed by atoms with Gasteiger partial charge in [0, 0.05) is 13.7 Å².